The summed E-state index contributed by atoms with van der Waals surface area (Å²) in [6.45, 7) is -1.08. The van der Waals surface area contributed by atoms with Crippen LogP contribution in [-0.4, -0.2) is 150 Å². The topological polar surface area (TPSA) is 250 Å². The summed E-state index contributed by atoms with van der Waals surface area (Å²) in [7, 11) is 0. The van der Waals surface area contributed by atoms with E-state index in [-0.39, 0.29) is 5.57 Å². The molecule has 12 atom stereocenters. The van der Waals surface area contributed by atoms with Crippen molar-refractivity contribution in [3.05, 3.63) is 11.6 Å². The molecule has 2 rings (SSSR count). The molecule has 0 aromatic rings. The molecular weight excluding hydrogens is 450 g/mol. The minimum atomic E-state index is -1.93. The third-order valence-corrected chi connectivity index (χ3v) is 5.83. The Morgan fingerprint density at radius 1 is 1.03 bits per heavy atom. The summed E-state index contributed by atoms with van der Waals surface area (Å²) in [4.78, 5) is 12.2. The number of ether oxygens (including phenoxy) is 2. The minimum absolute atomic E-state index is 0.0349. The molecule has 6 unspecified atom stereocenters. The summed E-state index contributed by atoms with van der Waals surface area (Å²) in [6.07, 6.45) is -15.1. The smallest absolute Gasteiger partial charge is 0.195 e. The van der Waals surface area contributed by atoms with Crippen LogP contribution in [0.25, 0.3) is 0 Å². The van der Waals surface area contributed by atoms with Crippen LogP contribution in [0.2, 0.25) is 0 Å². The minimum Gasteiger partial charge on any atom is -0.394 e. The van der Waals surface area contributed by atoms with Crippen LogP contribution < -0.4 is 5.32 Å². The van der Waals surface area contributed by atoms with Crippen molar-refractivity contribution in [2.75, 3.05) is 19.8 Å². The van der Waals surface area contributed by atoms with Crippen molar-refractivity contribution < 1.29 is 65.3 Å². The highest BCUT2D eigenvalue weighted by Crippen LogP contribution is 2.27. The van der Waals surface area contributed by atoms with Crippen molar-refractivity contribution in [1.82, 2.24) is 5.32 Å². The molecule has 0 amide bonds. The average molecular weight is 483 g/mol. The van der Waals surface area contributed by atoms with E-state index in [4.69, 9.17) is 19.7 Å². The van der Waals surface area contributed by atoms with Gasteiger partial charge in [-0.25, -0.2) is 0 Å². The van der Waals surface area contributed by atoms with Crippen molar-refractivity contribution in [2.45, 2.75) is 80.2 Å². The van der Waals surface area contributed by atoms with E-state index in [2.05, 4.69) is 5.32 Å². The first kappa shape index (κ1) is 28.1. The Labute approximate surface area is 188 Å². The Balaban J connectivity index is 2.16. The molecular formula is C19H33NO13. The molecule has 14 nitrogen and oxygen atoms in total. The Bertz CT molecular complexity index is 678. The van der Waals surface area contributed by atoms with Gasteiger partial charge in [0, 0.05) is 0 Å². The Morgan fingerprint density at radius 3 is 2.21 bits per heavy atom. The van der Waals surface area contributed by atoms with Gasteiger partial charge >= 0.3 is 0 Å². The van der Waals surface area contributed by atoms with Gasteiger partial charge in [0.2, 0.25) is 0 Å². The molecule has 0 radical (unpaired) electrons. The summed E-state index contributed by atoms with van der Waals surface area (Å²) in [5.74, 6) is -1.18. The van der Waals surface area contributed by atoms with E-state index in [9.17, 15) is 45.6 Å². The molecule has 1 fully saturated rings. The second kappa shape index (κ2) is 12.0. The molecule has 1 aliphatic carbocycles. The van der Waals surface area contributed by atoms with Crippen LogP contribution in [0.1, 0.15) is 6.92 Å². The zero-order valence-corrected chi connectivity index (χ0v) is 17.8. The maximum Gasteiger partial charge on any atom is 0.195 e. The van der Waals surface area contributed by atoms with Gasteiger partial charge in [0.1, 0.15) is 48.8 Å². The van der Waals surface area contributed by atoms with E-state index >= 15 is 0 Å². The van der Waals surface area contributed by atoms with Crippen LogP contribution in [0.15, 0.2) is 11.6 Å². The molecule has 2 aliphatic rings. The van der Waals surface area contributed by atoms with Gasteiger partial charge < -0.3 is 65.9 Å². The first-order chi connectivity index (χ1) is 15.5. The molecule has 0 bridgehead atoms. The molecule has 192 valence electrons. The lowest BCUT2D eigenvalue weighted by atomic mass is 9.86. The summed E-state index contributed by atoms with van der Waals surface area (Å²) in [5.41, 5.74) is 0.0349. The quantitative estimate of drug-likeness (QED) is 0.129. The highest BCUT2D eigenvalue weighted by molar-refractivity contribution is 5.87. The van der Waals surface area contributed by atoms with Crippen LogP contribution in [0.3, 0.4) is 0 Å². The molecule has 0 spiro atoms. The lowest BCUT2D eigenvalue weighted by Crippen LogP contribution is -2.67. The number of aliphatic hydroxyl groups is 10. The number of hydrogen-bond acceptors (Lipinski definition) is 14. The number of ketones is 1. The van der Waals surface area contributed by atoms with E-state index in [0.717, 1.165) is 0 Å². The van der Waals surface area contributed by atoms with Crippen molar-refractivity contribution >= 4 is 5.78 Å². The van der Waals surface area contributed by atoms with Crippen molar-refractivity contribution in [1.29, 1.82) is 0 Å². The fourth-order valence-electron chi connectivity index (χ4n) is 3.80. The average Bonchev–Trinajstić information content (AvgIpc) is 2.81. The van der Waals surface area contributed by atoms with E-state index in [1.54, 1.807) is 0 Å². The Morgan fingerprint density at radius 2 is 1.67 bits per heavy atom. The third-order valence-electron chi connectivity index (χ3n) is 5.83. The number of carbonyl (C=O) groups excluding carboxylic acids is 1. The summed E-state index contributed by atoms with van der Waals surface area (Å²) in [6, 6.07) is -2.12. The molecule has 11 N–H and O–H groups in total. The standard InChI is InChI=1S/C19H33NO13/c1-6-11(20-8-2-7(3-21)12(26)16(30)13(8)27)15(29)17(31)19(32-6)33-18(10(25)5-23)14(28)9(24)4-22/h2,6,8-13,15-27,29-31H,3-5H2,1H3/t6-,8?,9+,10?,11?,12-,13+,15+,16?,17?,18-,19?/m1/s1. The number of Topliss-reactive ketones (excluding diaryl/α,β-unsaturated/α-hetero) is 1. The van der Waals surface area contributed by atoms with Gasteiger partial charge in [0.15, 0.2) is 12.1 Å². The molecule has 1 saturated heterocycles. The zero-order chi connectivity index (χ0) is 25.0. The van der Waals surface area contributed by atoms with Gasteiger partial charge in [-0.1, -0.05) is 6.08 Å². The zero-order valence-electron chi connectivity index (χ0n) is 17.8. The second-order valence-electron chi connectivity index (χ2n) is 8.14. The van der Waals surface area contributed by atoms with E-state index in [1.807, 2.05) is 0 Å². The molecule has 14 heteroatoms. The van der Waals surface area contributed by atoms with Gasteiger partial charge in [-0.15, -0.1) is 0 Å². The molecule has 33 heavy (non-hydrogen) atoms. The number of nitrogens with one attached hydrogen (secondary N) is 1. The normalized spacial score (nSPS) is 40.1. The number of carbonyl (C=O) groups is 1. The first-order valence-corrected chi connectivity index (χ1v) is 10.4. The van der Waals surface area contributed by atoms with Crippen LogP contribution in [0, 0.1) is 0 Å². The maximum atomic E-state index is 12.2. The lowest BCUT2D eigenvalue weighted by Gasteiger charge is -2.45. The summed E-state index contributed by atoms with van der Waals surface area (Å²) in [5, 5.41) is 101. The Kier molecular flexibility index (Phi) is 10.3. The fraction of sp³-hybridized carbons (Fsp3) is 0.842. The van der Waals surface area contributed by atoms with Crippen molar-refractivity contribution in [3.63, 3.8) is 0 Å². The molecule has 0 aromatic carbocycles. The number of rotatable bonds is 10. The third kappa shape index (κ3) is 6.12. The highest BCUT2D eigenvalue weighted by atomic mass is 16.7. The van der Waals surface area contributed by atoms with Crippen LogP contribution in [-0.2, 0) is 14.3 Å². The van der Waals surface area contributed by atoms with E-state index in [0.29, 0.717) is 0 Å². The van der Waals surface area contributed by atoms with E-state index < -0.39 is 98.9 Å². The molecule has 0 saturated carbocycles. The highest BCUT2D eigenvalue weighted by Gasteiger charge is 2.48. The van der Waals surface area contributed by atoms with Crippen molar-refractivity contribution in [3.8, 4) is 0 Å². The van der Waals surface area contributed by atoms with Gasteiger partial charge in [-0.3, -0.25) is 4.79 Å². The molecule has 1 heterocycles. The second-order valence-corrected chi connectivity index (χ2v) is 8.14. The largest absolute Gasteiger partial charge is 0.394 e. The summed E-state index contributed by atoms with van der Waals surface area (Å²) >= 11 is 0. The first-order valence-electron chi connectivity index (χ1n) is 10.4. The van der Waals surface area contributed by atoms with Crippen LogP contribution in [0.4, 0.5) is 0 Å². The Hall–Kier alpha value is -1.11. The number of hydrogen-bond donors (Lipinski definition) is 11. The van der Waals surface area contributed by atoms with Crippen LogP contribution in [0.5, 0.6) is 0 Å². The SMILES string of the molecule is C[C@H]1OC(O[C@@H](C(=O)[C@@H](O)CO)C(O)CO)C(O)[C@@H](O)C1NC1C=C(CO)[C@@H](O)C(O)[C@H]1O. The van der Waals surface area contributed by atoms with Gasteiger partial charge in [-0.05, 0) is 12.5 Å². The predicted molar refractivity (Wildman–Crippen MR) is 106 cm³/mol. The maximum absolute atomic E-state index is 12.2. The van der Waals surface area contributed by atoms with Gasteiger partial charge in [0.05, 0.1) is 38.0 Å². The van der Waals surface area contributed by atoms with Gasteiger partial charge in [0.25, 0.3) is 0 Å². The molecule has 0 aromatic heterocycles. The van der Waals surface area contributed by atoms with Gasteiger partial charge in [-0.2, -0.15) is 0 Å². The van der Waals surface area contributed by atoms with Crippen LogP contribution >= 0.6 is 0 Å². The number of aliphatic hydroxyl groups excluding tert-OH is 10. The summed E-state index contributed by atoms with van der Waals surface area (Å²) < 4.78 is 10.7. The monoisotopic (exact) mass is 483 g/mol. The lowest BCUT2D eigenvalue weighted by molar-refractivity contribution is -0.291. The van der Waals surface area contributed by atoms with E-state index in [1.165, 1.54) is 13.0 Å². The fourth-order valence-corrected chi connectivity index (χ4v) is 3.80. The molecule has 1 aliphatic heterocycles. The van der Waals surface area contributed by atoms with Crippen molar-refractivity contribution in [2.24, 2.45) is 0 Å². The predicted octanol–water partition coefficient (Wildman–Crippen LogP) is -6.54.